The zero-order valence-electron chi connectivity index (χ0n) is 12.7. The molecule has 1 aromatic carbocycles. The zero-order valence-corrected chi connectivity index (χ0v) is 12.7. The largest absolute Gasteiger partial charge is 0.487 e. The minimum Gasteiger partial charge on any atom is -0.487 e. The van der Waals surface area contributed by atoms with Gasteiger partial charge in [0, 0.05) is 17.8 Å². The van der Waals surface area contributed by atoms with Crippen LogP contribution in [0.3, 0.4) is 0 Å². The topological polar surface area (TPSA) is 49.9 Å². The summed E-state index contributed by atoms with van der Waals surface area (Å²) < 4.78 is 5.85. The second-order valence-corrected chi connectivity index (χ2v) is 5.09. The molecule has 0 unspecified atom stereocenters. The first-order valence-electron chi connectivity index (χ1n) is 7.05. The summed E-state index contributed by atoms with van der Waals surface area (Å²) in [4.78, 5) is 0. The van der Waals surface area contributed by atoms with Crippen LogP contribution in [0.15, 0.2) is 18.2 Å². The lowest BCUT2D eigenvalue weighted by Crippen LogP contribution is -2.14. The molecular formula is C16H23N3O. The number of ether oxygens (including phenoxy) is 1. The molecular weight excluding hydrogens is 250 g/mol. The summed E-state index contributed by atoms with van der Waals surface area (Å²) in [5, 5.41) is 10.7. The van der Waals surface area contributed by atoms with Gasteiger partial charge in [-0.15, -0.1) is 0 Å². The van der Waals surface area contributed by atoms with Gasteiger partial charge in [0.15, 0.2) is 0 Å². The van der Waals surface area contributed by atoms with E-state index < -0.39 is 0 Å². The molecule has 2 rings (SSSR count). The van der Waals surface area contributed by atoms with Gasteiger partial charge in [-0.2, -0.15) is 5.10 Å². The smallest absolute Gasteiger partial charge is 0.132 e. The molecule has 1 heterocycles. The van der Waals surface area contributed by atoms with Gasteiger partial charge in [-0.3, -0.25) is 5.10 Å². The number of hydrogen-bond acceptors (Lipinski definition) is 3. The number of nitrogens with zero attached hydrogens (tertiary/aromatic N) is 1. The van der Waals surface area contributed by atoms with Gasteiger partial charge in [0.2, 0.25) is 0 Å². The number of H-pyrrole nitrogens is 1. The fraction of sp³-hybridized carbons (Fsp3) is 0.438. The lowest BCUT2D eigenvalue weighted by molar-refractivity contribution is 0.299. The average molecular weight is 273 g/mol. The van der Waals surface area contributed by atoms with Gasteiger partial charge in [-0.25, -0.2) is 0 Å². The Bertz CT molecular complexity index is 575. The van der Waals surface area contributed by atoms with Gasteiger partial charge < -0.3 is 10.1 Å². The Morgan fingerprint density at radius 3 is 2.70 bits per heavy atom. The molecule has 0 radical (unpaired) electrons. The van der Waals surface area contributed by atoms with Crippen molar-refractivity contribution in [3.05, 3.63) is 46.3 Å². The molecule has 0 atom stereocenters. The van der Waals surface area contributed by atoms with Gasteiger partial charge in [0.1, 0.15) is 18.1 Å². The third kappa shape index (κ3) is 3.39. The average Bonchev–Trinajstić information content (AvgIpc) is 2.78. The number of nitrogens with one attached hydrogen (secondary N) is 2. The van der Waals surface area contributed by atoms with Crippen LogP contribution in [0.4, 0.5) is 0 Å². The first-order chi connectivity index (χ1) is 9.61. The van der Waals surface area contributed by atoms with E-state index in [0.29, 0.717) is 6.61 Å². The normalized spacial score (nSPS) is 10.8. The maximum atomic E-state index is 5.85. The third-order valence-electron chi connectivity index (χ3n) is 3.57. The Labute approximate surface area is 120 Å². The predicted molar refractivity (Wildman–Crippen MR) is 81.0 cm³/mol. The SMILES string of the molecule is CCNCc1c(COc2ccc(C)c(C)c2)n[nH]c1C. The van der Waals surface area contributed by atoms with E-state index in [4.69, 9.17) is 4.74 Å². The van der Waals surface area contributed by atoms with E-state index in [0.717, 1.165) is 30.2 Å². The van der Waals surface area contributed by atoms with Crippen LogP contribution in [0, 0.1) is 20.8 Å². The van der Waals surface area contributed by atoms with Crippen molar-refractivity contribution in [2.24, 2.45) is 0 Å². The fourth-order valence-corrected chi connectivity index (χ4v) is 2.06. The Morgan fingerprint density at radius 1 is 1.20 bits per heavy atom. The molecule has 0 aliphatic carbocycles. The maximum Gasteiger partial charge on any atom is 0.132 e. The highest BCUT2D eigenvalue weighted by Gasteiger charge is 2.10. The molecule has 4 nitrogen and oxygen atoms in total. The summed E-state index contributed by atoms with van der Waals surface area (Å²) in [5.74, 6) is 0.892. The van der Waals surface area contributed by atoms with E-state index >= 15 is 0 Å². The Hall–Kier alpha value is -1.81. The minimum atomic E-state index is 0.494. The van der Waals surface area contributed by atoms with Gasteiger partial charge >= 0.3 is 0 Å². The van der Waals surface area contributed by atoms with E-state index in [2.05, 4.69) is 48.4 Å². The molecule has 4 heteroatoms. The third-order valence-corrected chi connectivity index (χ3v) is 3.57. The number of aromatic nitrogens is 2. The molecule has 20 heavy (non-hydrogen) atoms. The number of hydrogen-bond donors (Lipinski definition) is 2. The van der Waals surface area contributed by atoms with Crippen molar-refractivity contribution in [1.82, 2.24) is 15.5 Å². The fourth-order valence-electron chi connectivity index (χ4n) is 2.06. The van der Waals surface area contributed by atoms with Crippen LogP contribution in [-0.2, 0) is 13.2 Å². The van der Waals surface area contributed by atoms with Crippen molar-refractivity contribution in [2.45, 2.75) is 40.8 Å². The monoisotopic (exact) mass is 273 g/mol. The second kappa shape index (κ2) is 6.57. The van der Waals surface area contributed by atoms with Crippen LogP contribution in [0.25, 0.3) is 0 Å². The quantitative estimate of drug-likeness (QED) is 0.850. The molecule has 0 fully saturated rings. The van der Waals surface area contributed by atoms with Crippen molar-refractivity contribution < 1.29 is 4.74 Å². The second-order valence-electron chi connectivity index (χ2n) is 5.09. The minimum absolute atomic E-state index is 0.494. The van der Waals surface area contributed by atoms with Crippen molar-refractivity contribution >= 4 is 0 Å². The van der Waals surface area contributed by atoms with Crippen molar-refractivity contribution in [2.75, 3.05) is 6.54 Å². The number of aromatic amines is 1. The molecule has 0 saturated heterocycles. The van der Waals surface area contributed by atoms with Crippen LogP contribution < -0.4 is 10.1 Å². The Kier molecular flexibility index (Phi) is 4.79. The van der Waals surface area contributed by atoms with Gasteiger partial charge in [-0.1, -0.05) is 13.0 Å². The molecule has 0 aliphatic heterocycles. The van der Waals surface area contributed by atoms with Crippen LogP contribution in [0.2, 0.25) is 0 Å². The van der Waals surface area contributed by atoms with Crippen molar-refractivity contribution in [3.8, 4) is 5.75 Å². The number of aryl methyl sites for hydroxylation is 3. The van der Waals surface area contributed by atoms with E-state index in [9.17, 15) is 0 Å². The lowest BCUT2D eigenvalue weighted by atomic mass is 10.1. The maximum absolute atomic E-state index is 5.85. The highest BCUT2D eigenvalue weighted by atomic mass is 16.5. The molecule has 2 aromatic rings. The van der Waals surface area contributed by atoms with Crippen LogP contribution in [0.1, 0.15) is 35.0 Å². The molecule has 0 bridgehead atoms. The lowest BCUT2D eigenvalue weighted by Gasteiger charge is -2.09. The van der Waals surface area contributed by atoms with Crippen LogP contribution >= 0.6 is 0 Å². The van der Waals surface area contributed by atoms with Crippen molar-refractivity contribution in [1.29, 1.82) is 0 Å². The van der Waals surface area contributed by atoms with Crippen LogP contribution in [-0.4, -0.2) is 16.7 Å². The highest BCUT2D eigenvalue weighted by molar-refractivity contribution is 5.34. The van der Waals surface area contributed by atoms with Crippen LogP contribution in [0.5, 0.6) is 5.75 Å². The highest BCUT2D eigenvalue weighted by Crippen LogP contribution is 2.19. The first-order valence-corrected chi connectivity index (χ1v) is 7.05. The summed E-state index contributed by atoms with van der Waals surface area (Å²) in [7, 11) is 0. The van der Waals surface area contributed by atoms with E-state index in [1.165, 1.54) is 16.7 Å². The molecule has 0 saturated carbocycles. The Morgan fingerprint density at radius 2 is 2.00 bits per heavy atom. The number of rotatable bonds is 6. The summed E-state index contributed by atoms with van der Waals surface area (Å²) in [6.07, 6.45) is 0. The molecule has 2 N–H and O–H groups in total. The number of benzene rings is 1. The summed E-state index contributed by atoms with van der Waals surface area (Å²) in [6, 6.07) is 6.16. The van der Waals surface area contributed by atoms with Gasteiger partial charge in [0.25, 0.3) is 0 Å². The summed E-state index contributed by atoms with van der Waals surface area (Å²) in [6.45, 7) is 10.6. The molecule has 0 aliphatic rings. The molecule has 1 aromatic heterocycles. The predicted octanol–water partition coefficient (Wildman–Crippen LogP) is 3.02. The zero-order chi connectivity index (χ0) is 14.5. The van der Waals surface area contributed by atoms with Gasteiger partial charge in [-0.05, 0) is 50.6 Å². The summed E-state index contributed by atoms with van der Waals surface area (Å²) >= 11 is 0. The standard InChI is InChI=1S/C16H23N3O/c1-5-17-9-15-13(4)18-19-16(15)10-20-14-7-6-11(2)12(3)8-14/h6-8,17H,5,9-10H2,1-4H3,(H,18,19). The summed E-state index contributed by atoms with van der Waals surface area (Å²) in [5.41, 5.74) is 5.80. The van der Waals surface area contributed by atoms with E-state index in [-0.39, 0.29) is 0 Å². The Balaban J connectivity index is 2.04. The van der Waals surface area contributed by atoms with E-state index in [1.54, 1.807) is 0 Å². The van der Waals surface area contributed by atoms with Crippen molar-refractivity contribution in [3.63, 3.8) is 0 Å². The van der Waals surface area contributed by atoms with E-state index in [1.807, 2.05) is 13.0 Å². The van der Waals surface area contributed by atoms with Gasteiger partial charge in [0.05, 0.1) is 0 Å². The first kappa shape index (κ1) is 14.6. The molecule has 0 amide bonds. The molecule has 0 spiro atoms. The molecule has 108 valence electrons.